The number of hydrogen-bond acceptors (Lipinski definition) is 7. The Kier molecular flexibility index (Phi) is 2.83. The Morgan fingerprint density at radius 3 is 2.83 bits per heavy atom. The molecule has 1 aromatic heterocycles. The van der Waals surface area contributed by atoms with E-state index in [1.165, 1.54) is 0 Å². The number of nitrogen functional groups attached to an aromatic ring is 1. The van der Waals surface area contributed by atoms with Gasteiger partial charge in [0.25, 0.3) is 0 Å². The van der Waals surface area contributed by atoms with Crippen molar-refractivity contribution < 1.29 is 14.6 Å². The molecule has 1 unspecified atom stereocenters. The Bertz CT molecular complexity index is 238. The molecule has 0 saturated heterocycles. The summed E-state index contributed by atoms with van der Waals surface area (Å²) in [5.41, 5.74) is 5.13. The minimum Gasteiger partial charge on any atom is -0.394 e. The van der Waals surface area contributed by atoms with Gasteiger partial charge < -0.3 is 25.7 Å². The van der Waals surface area contributed by atoms with Crippen LogP contribution in [0.2, 0.25) is 0 Å². The van der Waals surface area contributed by atoms with E-state index < -0.39 is 6.10 Å². The maximum Gasteiger partial charge on any atom is 0.316 e. The molecule has 7 nitrogen and oxygen atoms in total. The Morgan fingerprint density at radius 1 is 1.58 bits per heavy atom. The van der Waals surface area contributed by atoms with Crippen LogP contribution in [0.4, 0.5) is 12.0 Å². The molecule has 0 aliphatic carbocycles. The van der Waals surface area contributed by atoms with E-state index in [0.717, 1.165) is 0 Å². The van der Waals surface area contributed by atoms with Gasteiger partial charge >= 0.3 is 12.0 Å². The van der Waals surface area contributed by atoms with Crippen molar-refractivity contribution >= 4 is 12.0 Å². The van der Waals surface area contributed by atoms with Crippen LogP contribution in [0.25, 0.3) is 0 Å². The van der Waals surface area contributed by atoms with Gasteiger partial charge in [-0.15, -0.1) is 0 Å². The van der Waals surface area contributed by atoms with E-state index in [4.69, 9.17) is 20.4 Å². The summed E-state index contributed by atoms with van der Waals surface area (Å²) in [6.07, 6.45) is -0.849. The summed E-state index contributed by atoms with van der Waals surface area (Å²) in [6.45, 7) is -0.186. The normalized spacial score (nSPS) is 12.8. The van der Waals surface area contributed by atoms with Crippen LogP contribution in [0, 0.1) is 0 Å². The average Bonchev–Trinajstić information content (AvgIpc) is 2.47. The molecule has 1 heterocycles. The van der Waals surface area contributed by atoms with Crippen molar-refractivity contribution in [1.82, 2.24) is 10.2 Å². The molecule has 68 valence electrons. The molecule has 0 spiro atoms. The van der Waals surface area contributed by atoms with Crippen LogP contribution in [0.5, 0.6) is 0 Å². The largest absolute Gasteiger partial charge is 0.394 e. The molecule has 0 fully saturated rings. The predicted molar refractivity (Wildman–Crippen MR) is 40.3 cm³/mol. The minimum atomic E-state index is -0.849. The fourth-order valence-electron chi connectivity index (χ4n) is 0.576. The lowest BCUT2D eigenvalue weighted by Crippen LogP contribution is -2.23. The number of anilines is 2. The first-order chi connectivity index (χ1) is 5.72. The summed E-state index contributed by atoms with van der Waals surface area (Å²) in [6, 6.07) is 0.0796. The Labute approximate surface area is 68.2 Å². The third kappa shape index (κ3) is 2.36. The molecule has 5 N–H and O–H groups in total. The van der Waals surface area contributed by atoms with E-state index in [2.05, 4.69) is 15.5 Å². The number of aliphatic hydroxyl groups is 2. The van der Waals surface area contributed by atoms with Gasteiger partial charge in [-0.2, -0.15) is 0 Å². The SMILES string of the molecule is Nc1nnc(NCC(O)CO)o1. The first kappa shape index (κ1) is 8.75. The first-order valence-electron chi connectivity index (χ1n) is 3.34. The first-order valence-corrected chi connectivity index (χ1v) is 3.34. The predicted octanol–water partition coefficient (Wildman–Crippen LogP) is -1.58. The zero-order valence-corrected chi connectivity index (χ0v) is 6.27. The van der Waals surface area contributed by atoms with Crippen LogP contribution in [0.15, 0.2) is 4.42 Å². The van der Waals surface area contributed by atoms with Gasteiger partial charge in [0.1, 0.15) is 0 Å². The van der Waals surface area contributed by atoms with E-state index in [1.54, 1.807) is 0 Å². The molecule has 7 heteroatoms. The molecule has 0 aromatic carbocycles. The molecule has 1 rings (SSSR count). The molecule has 1 atom stereocenters. The third-order valence-electron chi connectivity index (χ3n) is 1.14. The standard InChI is InChI=1S/C5H10N4O3/c6-4-8-9-5(12-4)7-1-3(11)2-10/h3,10-11H,1-2H2,(H2,6,8)(H,7,9). The monoisotopic (exact) mass is 174 g/mol. The van der Waals surface area contributed by atoms with Gasteiger partial charge in [0, 0.05) is 6.54 Å². The van der Waals surface area contributed by atoms with E-state index in [1.807, 2.05) is 0 Å². The number of rotatable bonds is 4. The number of nitrogens with zero attached hydrogens (tertiary/aromatic N) is 2. The van der Waals surface area contributed by atoms with Crippen molar-refractivity contribution in [1.29, 1.82) is 0 Å². The summed E-state index contributed by atoms with van der Waals surface area (Å²) in [4.78, 5) is 0. The number of nitrogens with one attached hydrogen (secondary N) is 1. The van der Waals surface area contributed by atoms with Crippen molar-refractivity contribution in [2.45, 2.75) is 6.10 Å². The highest BCUT2D eigenvalue weighted by Crippen LogP contribution is 2.05. The molecule has 1 aromatic rings. The highest BCUT2D eigenvalue weighted by Gasteiger charge is 2.05. The molecule has 0 saturated carbocycles. The van der Waals surface area contributed by atoms with Gasteiger partial charge in [0.05, 0.1) is 12.7 Å². The van der Waals surface area contributed by atoms with Crippen LogP contribution in [-0.2, 0) is 0 Å². The topological polar surface area (TPSA) is 117 Å². The molecule has 12 heavy (non-hydrogen) atoms. The summed E-state index contributed by atoms with van der Waals surface area (Å²) in [7, 11) is 0. The lowest BCUT2D eigenvalue weighted by molar-refractivity contribution is 0.105. The average molecular weight is 174 g/mol. The van der Waals surface area contributed by atoms with Crippen molar-refractivity contribution in [2.24, 2.45) is 0 Å². The van der Waals surface area contributed by atoms with Crippen LogP contribution in [0.1, 0.15) is 0 Å². The zero-order chi connectivity index (χ0) is 8.97. The maximum absolute atomic E-state index is 8.89. The third-order valence-corrected chi connectivity index (χ3v) is 1.14. The summed E-state index contributed by atoms with van der Waals surface area (Å²) >= 11 is 0. The maximum atomic E-state index is 8.89. The highest BCUT2D eigenvalue weighted by atomic mass is 16.4. The molecular weight excluding hydrogens is 164 g/mol. The van der Waals surface area contributed by atoms with Crippen LogP contribution in [-0.4, -0.2) is 39.7 Å². The van der Waals surface area contributed by atoms with Crippen molar-refractivity contribution in [3.63, 3.8) is 0 Å². The fraction of sp³-hybridized carbons (Fsp3) is 0.600. The Morgan fingerprint density at radius 2 is 2.33 bits per heavy atom. The summed E-state index contributed by atoms with van der Waals surface area (Å²) < 4.78 is 4.73. The second-order valence-electron chi connectivity index (χ2n) is 2.16. The summed E-state index contributed by atoms with van der Waals surface area (Å²) in [5, 5.41) is 26.8. The minimum absolute atomic E-state index is 0.0454. The van der Waals surface area contributed by atoms with Gasteiger partial charge in [-0.3, -0.25) is 0 Å². The lowest BCUT2D eigenvalue weighted by Gasteiger charge is -2.05. The van der Waals surface area contributed by atoms with Crippen molar-refractivity contribution in [2.75, 3.05) is 24.2 Å². The summed E-state index contributed by atoms with van der Waals surface area (Å²) in [5.74, 6) is 0. The molecule has 0 bridgehead atoms. The second kappa shape index (κ2) is 3.88. The molecule has 0 amide bonds. The molecule has 0 aliphatic heterocycles. The number of nitrogens with two attached hydrogens (primary N) is 1. The highest BCUT2D eigenvalue weighted by molar-refractivity contribution is 5.22. The van der Waals surface area contributed by atoms with Gasteiger partial charge in [-0.1, -0.05) is 10.2 Å². The lowest BCUT2D eigenvalue weighted by atomic mass is 10.4. The fourth-order valence-corrected chi connectivity index (χ4v) is 0.576. The zero-order valence-electron chi connectivity index (χ0n) is 6.27. The number of aliphatic hydroxyl groups excluding tert-OH is 2. The van der Waals surface area contributed by atoms with E-state index >= 15 is 0 Å². The van der Waals surface area contributed by atoms with Gasteiger partial charge in [0.2, 0.25) is 0 Å². The molecule has 0 aliphatic rings. The van der Waals surface area contributed by atoms with Crippen LogP contribution >= 0.6 is 0 Å². The smallest absolute Gasteiger partial charge is 0.316 e. The van der Waals surface area contributed by atoms with Crippen LogP contribution in [0.3, 0.4) is 0 Å². The van der Waals surface area contributed by atoms with E-state index in [0.29, 0.717) is 0 Å². The van der Waals surface area contributed by atoms with E-state index in [9.17, 15) is 0 Å². The van der Waals surface area contributed by atoms with Gasteiger partial charge in [-0.05, 0) is 0 Å². The van der Waals surface area contributed by atoms with Crippen LogP contribution < -0.4 is 11.1 Å². The second-order valence-corrected chi connectivity index (χ2v) is 2.16. The number of aromatic nitrogens is 2. The quantitative estimate of drug-likeness (QED) is 0.435. The van der Waals surface area contributed by atoms with Gasteiger partial charge in [0.15, 0.2) is 0 Å². The Balaban J connectivity index is 2.33. The molecule has 0 radical (unpaired) electrons. The number of hydrogen-bond donors (Lipinski definition) is 4. The Hall–Kier alpha value is -1.34. The van der Waals surface area contributed by atoms with Crippen molar-refractivity contribution in [3.8, 4) is 0 Å². The van der Waals surface area contributed by atoms with Crippen molar-refractivity contribution in [3.05, 3.63) is 0 Å². The molecular formula is C5H10N4O3. The van der Waals surface area contributed by atoms with Gasteiger partial charge in [-0.25, -0.2) is 0 Å². The van der Waals surface area contributed by atoms with E-state index in [-0.39, 0.29) is 25.2 Å².